The Morgan fingerprint density at radius 1 is 0.929 bits per heavy atom. The van der Waals surface area contributed by atoms with Crippen molar-refractivity contribution in [2.45, 2.75) is 13.0 Å². The minimum Gasteiger partial charge on any atom is -0.493 e. The molecule has 0 amide bonds. The van der Waals surface area contributed by atoms with Gasteiger partial charge in [-0.3, -0.25) is 4.99 Å². The van der Waals surface area contributed by atoms with E-state index in [1.807, 2.05) is 54.9 Å². The molecule has 0 fully saturated rings. The molecule has 1 aromatic heterocycles. The Balaban J connectivity index is 1.27. The van der Waals surface area contributed by atoms with E-state index in [0.717, 1.165) is 41.1 Å². The summed E-state index contributed by atoms with van der Waals surface area (Å²) in [7, 11) is 0. The summed E-state index contributed by atoms with van der Waals surface area (Å²) in [6, 6.07) is 19.8. The maximum absolute atomic E-state index is 5.90. The molecule has 28 heavy (non-hydrogen) atoms. The Bertz CT molecular complexity index is 987. The monoisotopic (exact) mass is 374 g/mol. The summed E-state index contributed by atoms with van der Waals surface area (Å²) in [4.78, 5) is 14.8. The number of hydrogen-bond acceptors (Lipinski definition) is 6. The fourth-order valence-electron chi connectivity index (χ4n) is 2.93. The van der Waals surface area contributed by atoms with Gasteiger partial charge in [-0.05, 0) is 30.7 Å². The number of aliphatic imine (C=N–C) groups is 2. The normalized spacial score (nSPS) is 13.1. The number of fused-ring (bicyclic) bond motifs is 1. The average molecular weight is 374 g/mol. The molecule has 0 bridgehead atoms. The minimum atomic E-state index is 0.420. The average Bonchev–Trinajstić information content (AvgIpc) is 2.76. The lowest BCUT2D eigenvalue weighted by atomic mass is 10.2. The van der Waals surface area contributed by atoms with E-state index in [4.69, 9.17) is 9.47 Å². The zero-order chi connectivity index (χ0) is 19.0. The molecule has 0 radical (unpaired) electrons. The molecule has 0 saturated heterocycles. The van der Waals surface area contributed by atoms with Crippen molar-refractivity contribution in [3.63, 3.8) is 0 Å². The van der Waals surface area contributed by atoms with Crippen LogP contribution in [0.1, 0.15) is 12.1 Å². The summed E-state index contributed by atoms with van der Waals surface area (Å²) in [5.74, 6) is 1.57. The van der Waals surface area contributed by atoms with Crippen LogP contribution in [0.2, 0.25) is 0 Å². The first-order chi connectivity index (χ1) is 13.9. The minimum absolute atomic E-state index is 0.420. The molecule has 6 heteroatoms. The number of para-hydroxylation sites is 1. The molecule has 0 N–H and O–H groups in total. The van der Waals surface area contributed by atoms with Crippen molar-refractivity contribution in [1.29, 1.82) is 0 Å². The van der Waals surface area contributed by atoms with Gasteiger partial charge >= 0.3 is 0 Å². The van der Waals surface area contributed by atoms with Crippen LogP contribution in [-0.2, 0) is 6.61 Å². The Kier molecular flexibility index (Phi) is 5.77. The fraction of sp³-hybridized carbons (Fsp3) is 0.227. The Hall–Kier alpha value is -3.41. The smallest absolute Gasteiger partial charge is 0.130 e. The third-order valence-corrected chi connectivity index (χ3v) is 4.35. The highest BCUT2D eigenvalue weighted by molar-refractivity contribution is 5.78. The molecule has 1 aliphatic rings. The van der Waals surface area contributed by atoms with Crippen LogP contribution in [0.4, 0.5) is 0 Å². The van der Waals surface area contributed by atoms with Gasteiger partial charge in [0.15, 0.2) is 0 Å². The van der Waals surface area contributed by atoms with Crippen LogP contribution >= 0.6 is 0 Å². The van der Waals surface area contributed by atoms with Crippen molar-refractivity contribution in [2.24, 2.45) is 9.98 Å². The summed E-state index contributed by atoms with van der Waals surface area (Å²) < 4.78 is 11.7. The van der Waals surface area contributed by atoms with Crippen LogP contribution in [0, 0.1) is 0 Å². The van der Waals surface area contributed by atoms with Gasteiger partial charge in [0.2, 0.25) is 0 Å². The number of ether oxygens (including phenoxy) is 2. The first kappa shape index (κ1) is 18.0. The maximum atomic E-state index is 5.90. The van der Waals surface area contributed by atoms with Crippen molar-refractivity contribution < 1.29 is 9.47 Å². The van der Waals surface area contributed by atoms with Crippen LogP contribution in [0.25, 0.3) is 10.9 Å². The molecular weight excluding hydrogens is 352 g/mol. The summed E-state index contributed by atoms with van der Waals surface area (Å²) in [5.41, 5.74) is 1.88. The first-order valence-electron chi connectivity index (χ1n) is 9.33. The van der Waals surface area contributed by atoms with Crippen molar-refractivity contribution in [1.82, 2.24) is 9.88 Å². The van der Waals surface area contributed by atoms with Gasteiger partial charge in [0.1, 0.15) is 31.1 Å². The summed E-state index contributed by atoms with van der Waals surface area (Å²) in [5, 5.41) is 1.13. The SMILES string of the molecule is C1=NC=NCN1CCCOc1cccc(OCc2ccc3ccccc3n2)c1. The van der Waals surface area contributed by atoms with Gasteiger partial charge in [0.25, 0.3) is 0 Å². The van der Waals surface area contributed by atoms with E-state index in [0.29, 0.717) is 19.9 Å². The van der Waals surface area contributed by atoms with E-state index in [-0.39, 0.29) is 0 Å². The molecule has 0 aliphatic carbocycles. The van der Waals surface area contributed by atoms with Crippen LogP contribution in [-0.4, -0.2) is 42.4 Å². The first-order valence-corrected chi connectivity index (χ1v) is 9.33. The number of pyridine rings is 1. The molecule has 6 nitrogen and oxygen atoms in total. The number of aromatic nitrogens is 1. The molecule has 2 aromatic carbocycles. The second-order valence-corrected chi connectivity index (χ2v) is 6.48. The van der Waals surface area contributed by atoms with E-state index in [1.54, 1.807) is 6.34 Å². The number of nitrogens with zero attached hydrogens (tertiary/aromatic N) is 4. The van der Waals surface area contributed by atoms with Crippen molar-refractivity contribution in [2.75, 3.05) is 19.8 Å². The number of rotatable bonds is 8. The predicted molar refractivity (Wildman–Crippen MR) is 111 cm³/mol. The summed E-state index contributed by atoms with van der Waals surface area (Å²) in [6.45, 7) is 2.58. The molecule has 0 atom stereocenters. The lowest BCUT2D eigenvalue weighted by Gasteiger charge is -2.18. The van der Waals surface area contributed by atoms with E-state index >= 15 is 0 Å². The molecule has 1 aliphatic heterocycles. The maximum Gasteiger partial charge on any atom is 0.130 e. The number of hydrogen-bond donors (Lipinski definition) is 0. The molecule has 0 unspecified atom stereocenters. The molecule has 4 rings (SSSR count). The van der Waals surface area contributed by atoms with E-state index in [9.17, 15) is 0 Å². The lowest BCUT2D eigenvalue weighted by Crippen LogP contribution is -2.26. The largest absolute Gasteiger partial charge is 0.493 e. The van der Waals surface area contributed by atoms with E-state index < -0.39 is 0 Å². The van der Waals surface area contributed by atoms with Crippen LogP contribution < -0.4 is 9.47 Å². The van der Waals surface area contributed by atoms with Crippen LogP contribution in [0.15, 0.2) is 70.6 Å². The highest BCUT2D eigenvalue weighted by atomic mass is 16.5. The number of benzene rings is 2. The molecule has 142 valence electrons. The van der Waals surface area contributed by atoms with E-state index in [2.05, 4.69) is 32.0 Å². The van der Waals surface area contributed by atoms with Gasteiger partial charge in [-0.2, -0.15) is 0 Å². The molecule has 0 spiro atoms. The van der Waals surface area contributed by atoms with Gasteiger partial charge < -0.3 is 14.4 Å². The Morgan fingerprint density at radius 3 is 2.71 bits per heavy atom. The highest BCUT2D eigenvalue weighted by Gasteiger charge is 2.03. The van der Waals surface area contributed by atoms with Crippen molar-refractivity contribution >= 4 is 23.6 Å². The van der Waals surface area contributed by atoms with Crippen molar-refractivity contribution in [3.8, 4) is 11.5 Å². The van der Waals surface area contributed by atoms with Gasteiger partial charge in [0.05, 0.1) is 24.2 Å². The van der Waals surface area contributed by atoms with Gasteiger partial charge in [-0.1, -0.05) is 30.3 Å². The van der Waals surface area contributed by atoms with Crippen LogP contribution in [0.5, 0.6) is 11.5 Å². The third-order valence-electron chi connectivity index (χ3n) is 4.35. The molecular formula is C22H22N4O2. The van der Waals surface area contributed by atoms with Gasteiger partial charge in [-0.15, -0.1) is 0 Å². The molecule has 0 saturated carbocycles. The fourth-order valence-corrected chi connectivity index (χ4v) is 2.93. The van der Waals surface area contributed by atoms with E-state index in [1.165, 1.54) is 0 Å². The zero-order valence-electron chi connectivity index (χ0n) is 15.6. The molecule has 3 aromatic rings. The van der Waals surface area contributed by atoms with Crippen molar-refractivity contribution in [3.05, 3.63) is 66.4 Å². The Labute approximate surface area is 164 Å². The topological polar surface area (TPSA) is 59.3 Å². The second-order valence-electron chi connectivity index (χ2n) is 6.48. The summed E-state index contributed by atoms with van der Waals surface area (Å²) in [6.07, 6.45) is 4.28. The standard InChI is InChI=1S/C22H22N4O2/c1-2-8-22-18(5-1)9-10-19(25-22)14-28-21-7-3-6-20(13-21)27-12-4-11-26-16-23-15-24-17-26/h1-3,5-10,13,15-16H,4,11-12,14,17H2. The second kappa shape index (κ2) is 8.99. The summed E-state index contributed by atoms with van der Waals surface area (Å²) >= 11 is 0. The van der Waals surface area contributed by atoms with Gasteiger partial charge in [0, 0.05) is 18.0 Å². The van der Waals surface area contributed by atoms with Crippen LogP contribution in [0.3, 0.4) is 0 Å². The molecule has 2 heterocycles. The third kappa shape index (κ3) is 4.85. The quantitative estimate of drug-likeness (QED) is 0.561. The lowest BCUT2D eigenvalue weighted by molar-refractivity contribution is 0.280. The Morgan fingerprint density at radius 2 is 1.82 bits per heavy atom. The zero-order valence-corrected chi connectivity index (χ0v) is 15.6. The predicted octanol–water partition coefficient (Wildman–Crippen LogP) is 3.91. The highest BCUT2D eigenvalue weighted by Crippen LogP contribution is 2.21. The van der Waals surface area contributed by atoms with Gasteiger partial charge in [-0.25, -0.2) is 9.98 Å².